The molecule has 15 aromatic rings. The molecule has 412 valence electrons. The highest BCUT2D eigenvalue weighted by Crippen LogP contribution is 2.63. The van der Waals surface area contributed by atoms with Crippen LogP contribution >= 0.6 is 0 Å². The fraction of sp³-hybridized carbons (Fsp3) is 0.0233. The van der Waals surface area contributed by atoms with Crippen molar-refractivity contribution in [2.45, 2.75) is 10.8 Å². The standard InChI is InChI=1S/C86H58N2/c1-7-31-62(32-8-1)85(63-33-9-2-10-34-63)76-49-21-23-51-78(76)87(66-39-15-5-16-40-66)80-53-27-47-72(83(80)85)68-43-25-45-70-74(68)58-75-69(44-26-46-71(75)82(70)61-56-55-59-29-19-20-30-60(59)57-61)73-48-28-54-81-84(73)86(64-35-11-3-12-36-64,65-37-13-4-14-38-65)77-50-22-24-52-79(77)88(81)67-41-17-6-18-42-67/h1-58H. The van der Waals surface area contributed by atoms with Gasteiger partial charge in [0.1, 0.15) is 0 Å². The zero-order valence-corrected chi connectivity index (χ0v) is 48.4. The molecule has 0 fully saturated rings. The average Bonchev–Trinajstić information content (AvgIpc) is 0.713. The molecule has 0 amide bonds. The maximum absolute atomic E-state index is 2.55. The zero-order valence-electron chi connectivity index (χ0n) is 48.4. The lowest BCUT2D eigenvalue weighted by Gasteiger charge is -2.47. The SMILES string of the molecule is c1ccc(N2c3ccccc3C(c3ccccc3)(c3ccccc3)c3c(-c4cccc5c(-c6ccc7ccccc7c6)c6cccc(-c7cccc8c7C(c7ccccc7)(c7ccccc7)c7ccccc7N8c7ccccc7)c6cc45)cccc32)cc1. The molecule has 2 aliphatic heterocycles. The van der Waals surface area contributed by atoms with Gasteiger partial charge in [-0.15, -0.1) is 0 Å². The predicted octanol–water partition coefficient (Wildman–Crippen LogP) is 22.5. The molecule has 0 aromatic heterocycles. The Morgan fingerprint density at radius 2 is 0.557 bits per heavy atom. The van der Waals surface area contributed by atoms with Crippen molar-refractivity contribution in [2.75, 3.05) is 9.80 Å². The van der Waals surface area contributed by atoms with Crippen molar-refractivity contribution in [3.8, 4) is 33.4 Å². The van der Waals surface area contributed by atoms with Crippen LogP contribution in [0.25, 0.3) is 65.7 Å². The van der Waals surface area contributed by atoms with E-state index in [1.54, 1.807) is 0 Å². The molecule has 15 aromatic carbocycles. The third kappa shape index (κ3) is 7.62. The first-order valence-corrected chi connectivity index (χ1v) is 30.6. The van der Waals surface area contributed by atoms with Gasteiger partial charge in [-0.2, -0.15) is 0 Å². The zero-order chi connectivity index (χ0) is 58.2. The summed E-state index contributed by atoms with van der Waals surface area (Å²) in [5.74, 6) is 0. The normalized spacial score (nSPS) is 13.6. The Kier molecular flexibility index (Phi) is 12.0. The lowest BCUT2D eigenvalue weighted by atomic mass is 9.60. The van der Waals surface area contributed by atoms with Crippen molar-refractivity contribution in [1.29, 1.82) is 0 Å². The Labute approximate surface area is 513 Å². The van der Waals surface area contributed by atoms with Gasteiger partial charge >= 0.3 is 0 Å². The van der Waals surface area contributed by atoms with E-state index in [4.69, 9.17) is 0 Å². The molecule has 0 spiro atoms. The molecule has 0 aliphatic carbocycles. The molecule has 17 rings (SSSR count). The molecule has 0 unspecified atom stereocenters. The monoisotopic (exact) mass is 1120 g/mol. The molecule has 0 bridgehead atoms. The van der Waals surface area contributed by atoms with Crippen LogP contribution in [0, 0.1) is 0 Å². The average molecular weight is 1120 g/mol. The lowest BCUT2D eigenvalue weighted by Crippen LogP contribution is -2.38. The quantitative estimate of drug-likeness (QED) is 0.133. The van der Waals surface area contributed by atoms with Crippen molar-refractivity contribution in [2.24, 2.45) is 0 Å². The number of hydrogen-bond donors (Lipinski definition) is 0. The molecule has 0 atom stereocenters. The summed E-state index contributed by atoms with van der Waals surface area (Å²) in [5, 5.41) is 7.16. The van der Waals surface area contributed by atoms with Crippen molar-refractivity contribution in [3.05, 3.63) is 396 Å². The van der Waals surface area contributed by atoms with E-state index in [2.05, 4.69) is 362 Å². The first kappa shape index (κ1) is 51.1. The number of para-hydroxylation sites is 4. The molecule has 2 nitrogen and oxygen atoms in total. The summed E-state index contributed by atoms with van der Waals surface area (Å²) in [7, 11) is 0. The van der Waals surface area contributed by atoms with Crippen LogP contribution in [-0.2, 0) is 10.8 Å². The van der Waals surface area contributed by atoms with Gasteiger partial charge in [0.25, 0.3) is 0 Å². The Hall–Kier alpha value is -11.3. The Bertz CT molecular complexity index is 4780. The Balaban J connectivity index is 1.03. The fourth-order valence-corrected chi connectivity index (χ4v) is 15.5. The van der Waals surface area contributed by atoms with Crippen LogP contribution in [0.15, 0.2) is 352 Å². The summed E-state index contributed by atoms with van der Waals surface area (Å²) in [6, 6.07) is 132. The largest absolute Gasteiger partial charge is 0.310 e. The summed E-state index contributed by atoms with van der Waals surface area (Å²) in [4.78, 5) is 5.00. The molecule has 2 heteroatoms. The van der Waals surface area contributed by atoms with E-state index in [9.17, 15) is 0 Å². The van der Waals surface area contributed by atoms with Gasteiger partial charge < -0.3 is 9.80 Å². The molecular weight excluding hydrogens is 1060 g/mol. The molecule has 0 radical (unpaired) electrons. The number of fused-ring (bicyclic) bond motifs is 7. The maximum atomic E-state index is 2.55. The number of benzene rings is 15. The van der Waals surface area contributed by atoms with Gasteiger partial charge in [0.2, 0.25) is 0 Å². The van der Waals surface area contributed by atoms with E-state index in [1.807, 2.05) is 0 Å². The highest BCUT2D eigenvalue weighted by atomic mass is 15.2. The molecule has 88 heavy (non-hydrogen) atoms. The first-order valence-electron chi connectivity index (χ1n) is 30.6. The molecule has 0 saturated heterocycles. The van der Waals surface area contributed by atoms with Gasteiger partial charge in [-0.25, -0.2) is 0 Å². The predicted molar refractivity (Wildman–Crippen MR) is 368 cm³/mol. The Morgan fingerprint density at radius 1 is 0.216 bits per heavy atom. The number of rotatable bonds is 9. The van der Waals surface area contributed by atoms with E-state index in [1.165, 1.54) is 110 Å². The van der Waals surface area contributed by atoms with Crippen molar-refractivity contribution in [3.63, 3.8) is 0 Å². The second kappa shape index (κ2) is 20.7. The topological polar surface area (TPSA) is 6.48 Å². The molecule has 0 N–H and O–H groups in total. The van der Waals surface area contributed by atoms with Crippen molar-refractivity contribution in [1.82, 2.24) is 0 Å². The highest BCUT2D eigenvalue weighted by molar-refractivity contribution is 6.20. The minimum atomic E-state index is -0.746. The molecule has 2 heterocycles. The van der Waals surface area contributed by atoms with Gasteiger partial charge in [0.05, 0.1) is 33.6 Å². The second-order valence-electron chi connectivity index (χ2n) is 23.4. The van der Waals surface area contributed by atoms with E-state index >= 15 is 0 Å². The summed E-state index contributed by atoms with van der Waals surface area (Å²) < 4.78 is 0. The van der Waals surface area contributed by atoms with Gasteiger partial charge in [-0.1, -0.05) is 291 Å². The van der Waals surface area contributed by atoms with Crippen LogP contribution in [0.4, 0.5) is 34.1 Å². The summed E-state index contributed by atoms with van der Waals surface area (Å²) in [6.07, 6.45) is 0. The van der Waals surface area contributed by atoms with Crippen molar-refractivity contribution < 1.29 is 0 Å². The van der Waals surface area contributed by atoms with Crippen LogP contribution in [0.3, 0.4) is 0 Å². The molecule has 0 saturated carbocycles. The van der Waals surface area contributed by atoms with Crippen LogP contribution in [0.2, 0.25) is 0 Å². The van der Waals surface area contributed by atoms with E-state index in [-0.39, 0.29) is 0 Å². The molecule has 2 aliphatic rings. The van der Waals surface area contributed by atoms with E-state index in [0.29, 0.717) is 0 Å². The van der Waals surface area contributed by atoms with Crippen LogP contribution in [0.1, 0.15) is 44.5 Å². The summed E-state index contributed by atoms with van der Waals surface area (Å²) in [6.45, 7) is 0. The lowest BCUT2D eigenvalue weighted by molar-refractivity contribution is 0.733. The highest BCUT2D eigenvalue weighted by Gasteiger charge is 2.50. The van der Waals surface area contributed by atoms with Crippen LogP contribution < -0.4 is 9.80 Å². The smallest absolute Gasteiger partial charge is 0.0748 e. The van der Waals surface area contributed by atoms with Gasteiger partial charge in [0, 0.05) is 22.5 Å². The molecular formula is C86H58N2. The number of nitrogens with zero attached hydrogens (tertiary/aromatic N) is 2. The van der Waals surface area contributed by atoms with Gasteiger partial charge in [0.15, 0.2) is 0 Å². The van der Waals surface area contributed by atoms with Crippen molar-refractivity contribution >= 4 is 66.4 Å². The van der Waals surface area contributed by atoms with Gasteiger partial charge in [-0.05, 0) is 160 Å². The minimum Gasteiger partial charge on any atom is -0.310 e. The first-order chi connectivity index (χ1) is 43.7. The number of hydrogen-bond acceptors (Lipinski definition) is 2. The van der Waals surface area contributed by atoms with Gasteiger partial charge in [-0.3, -0.25) is 0 Å². The van der Waals surface area contributed by atoms with Crippen LogP contribution in [-0.4, -0.2) is 0 Å². The number of anilines is 6. The maximum Gasteiger partial charge on any atom is 0.0748 e. The fourth-order valence-electron chi connectivity index (χ4n) is 15.5. The third-order valence-electron chi connectivity index (χ3n) is 18.9. The van der Waals surface area contributed by atoms with Crippen LogP contribution in [0.5, 0.6) is 0 Å². The second-order valence-corrected chi connectivity index (χ2v) is 23.4. The summed E-state index contributed by atoms with van der Waals surface area (Å²) in [5.41, 5.74) is 22.1. The summed E-state index contributed by atoms with van der Waals surface area (Å²) >= 11 is 0. The van der Waals surface area contributed by atoms with E-state index < -0.39 is 10.8 Å². The minimum absolute atomic E-state index is 0.746. The Morgan fingerprint density at radius 3 is 0.989 bits per heavy atom. The third-order valence-corrected chi connectivity index (χ3v) is 18.9. The van der Waals surface area contributed by atoms with E-state index in [0.717, 1.165) is 34.1 Å².